The lowest BCUT2D eigenvalue weighted by atomic mass is 10.1. The van der Waals surface area contributed by atoms with Crippen molar-refractivity contribution in [1.82, 2.24) is 4.57 Å². The van der Waals surface area contributed by atoms with Gasteiger partial charge in [-0.3, -0.25) is 4.57 Å². The van der Waals surface area contributed by atoms with E-state index in [9.17, 15) is 9.59 Å². The summed E-state index contributed by atoms with van der Waals surface area (Å²) in [4.78, 5) is 22.6. The fraction of sp³-hybridized carbons (Fsp3) is 0.636. The highest BCUT2D eigenvalue weighted by Crippen LogP contribution is 2.04. The van der Waals surface area contributed by atoms with Gasteiger partial charge in [0.2, 0.25) is 0 Å². The molecule has 0 aliphatic heterocycles. The Labute approximate surface area is 88.5 Å². The maximum absolute atomic E-state index is 11.4. The van der Waals surface area contributed by atoms with Crippen molar-refractivity contribution in [2.45, 2.75) is 40.7 Å². The van der Waals surface area contributed by atoms with Crippen molar-refractivity contribution in [2.75, 3.05) is 0 Å². The van der Waals surface area contributed by atoms with E-state index in [0.29, 0.717) is 23.7 Å². The third-order valence-electron chi connectivity index (χ3n) is 2.58. The quantitative estimate of drug-likeness (QED) is 0.760. The Morgan fingerprint density at radius 3 is 2.40 bits per heavy atom. The predicted octanol–water partition coefficient (Wildman–Crippen LogP) is 1.46. The average Bonchev–Trinajstić information content (AvgIpc) is 2.14. The molecule has 1 heterocycles. The van der Waals surface area contributed by atoms with E-state index < -0.39 is 11.4 Å². The van der Waals surface area contributed by atoms with Crippen LogP contribution in [0.4, 0.5) is 0 Å². The number of aromatic nitrogens is 1. The summed E-state index contributed by atoms with van der Waals surface area (Å²) in [7, 11) is 0. The molecule has 1 rings (SSSR count). The van der Waals surface area contributed by atoms with Crippen LogP contribution in [-0.2, 0) is 6.54 Å². The van der Waals surface area contributed by atoms with Crippen LogP contribution in [0.2, 0.25) is 0 Å². The smallest absolute Gasteiger partial charge is 0.372 e. The highest BCUT2D eigenvalue weighted by Gasteiger charge is 2.09. The number of nitrogens with zero attached hydrogens (tertiary/aromatic N) is 1. The van der Waals surface area contributed by atoms with Crippen LogP contribution in [0.25, 0.3) is 0 Å². The third kappa shape index (κ3) is 2.58. The summed E-state index contributed by atoms with van der Waals surface area (Å²) in [6, 6.07) is 0. The second-order valence-electron chi connectivity index (χ2n) is 4.20. The summed E-state index contributed by atoms with van der Waals surface area (Å²) in [6.07, 6.45) is 0.897. The molecule has 0 amide bonds. The van der Waals surface area contributed by atoms with Crippen molar-refractivity contribution in [1.29, 1.82) is 0 Å². The maximum atomic E-state index is 11.4. The van der Waals surface area contributed by atoms with Crippen LogP contribution in [0.3, 0.4) is 0 Å². The molecule has 0 atom stereocenters. The third-order valence-corrected chi connectivity index (χ3v) is 2.58. The van der Waals surface area contributed by atoms with Gasteiger partial charge in [-0.25, -0.2) is 9.59 Å². The van der Waals surface area contributed by atoms with E-state index in [0.717, 1.165) is 6.42 Å². The average molecular weight is 211 g/mol. The van der Waals surface area contributed by atoms with Gasteiger partial charge >= 0.3 is 11.4 Å². The second kappa shape index (κ2) is 4.47. The van der Waals surface area contributed by atoms with Crippen LogP contribution in [-0.4, -0.2) is 4.57 Å². The summed E-state index contributed by atoms with van der Waals surface area (Å²) < 4.78 is 6.13. The molecule has 0 saturated carbocycles. The van der Waals surface area contributed by atoms with Crippen LogP contribution in [0.5, 0.6) is 0 Å². The zero-order chi connectivity index (χ0) is 11.6. The minimum Gasteiger partial charge on any atom is -0.372 e. The first-order valence-electron chi connectivity index (χ1n) is 5.14. The van der Waals surface area contributed by atoms with Gasteiger partial charge in [0, 0.05) is 12.2 Å². The Bertz CT molecular complexity index is 454. The van der Waals surface area contributed by atoms with Crippen molar-refractivity contribution in [2.24, 2.45) is 5.92 Å². The second-order valence-corrected chi connectivity index (χ2v) is 4.20. The van der Waals surface area contributed by atoms with Crippen molar-refractivity contribution >= 4 is 0 Å². The lowest BCUT2D eigenvalue weighted by Crippen LogP contribution is -2.29. The lowest BCUT2D eigenvalue weighted by Gasteiger charge is -2.10. The molecule has 4 nitrogen and oxygen atoms in total. The van der Waals surface area contributed by atoms with Crippen LogP contribution in [0, 0.1) is 19.8 Å². The van der Waals surface area contributed by atoms with E-state index >= 15 is 0 Å². The summed E-state index contributed by atoms with van der Waals surface area (Å²) in [6.45, 7) is 8.23. The van der Waals surface area contributed by atoms with Crippen molar-refractivity contribution in [3.05, 3.63) is 32.2 Å². The standard InChI is InChI=1S/C11H17NO3/c1-7(2)5-6-12-9(4)8(3)10(13)15-11(12)14/h7H,5-6H2,1-4H3. The fourth-order valence-electron chi connectivity index (χ4n) is 1.34. The SMILES string of the molecule is Cc1c(C)n(CCC(C)C)c(=O)oc1=O. The van der Waals surface area contributed by atoms with Gasteiger partial charge in [-0.15, -0.1) is 0 Å². The van der Waals surface area contributed by atoms with E-state index in [1.54, 1.807) is 13.8 Å². The minimum absolute atomic E-state index is 0.512. The molecule has 4 heteroatoms. The van der Waals surface area contributed by atoms with E-state index in [2.05, 4.69) is 18.3 Å². The van der Waals surface area contributed by atoms with Crippen molar-refractivity contribution in [3.63, 3.8) is 0 Å². The highest BCUT2D eigenvalue weighted by atomic mass is 16.4. The Kier molecular flexibility index (Phi) is 3.50. The van der Waals surface area contributed by atoms with E-state index in [1.165, 1.54) is 4.57 Å². The first-order valence-corrected chi connectivity index (χ1v) is 5.14. The van der Waals surface area contributed by atoms with Crippen LogP contribution in [0.15, 0.2) is 14.0 Å². The largest absolute Gasteiger partial charge is 0.422 e. The monoisotopic (exact) mass is 211 g/mol. The molecule has 84 valence electrons. The van der Waals surface area contributed by atoms with Gasteiger partial charge in [-0.2, -0.15) is 0 Å². The van der Waals surface area contributed by atoms with E-state index in [1.807, 2.05) is 0 Å². The van der Waals surface area contributed by atoms with Crippen LogP contribution in [0.1, 0.15) is 31.5 Å². The van der Waals surface area contributed by atoms with Crippen LogP contribution >= 0.6 is 0 Å². The molecule has 0 aliphatic carbocycles. The molecule has 0 unspecified atom stereocenters. The summed E-state index contributed by atoms with van der Waals surface area (Å²) in [5.41, 5.74) is 0.688. The van der Waals surface area contributed by atoms with E-state index in [-0.39, 0.29) is 0 Å². The molecule has 0 aromatic carbocycles. The molecule has 1 aromatic rings. The zero-order valence-electron chi connectivity index (χ0n) is 9.66. The maximum Gasteiger partial charge on any atom is 0.422 e. The highest BCUT2D eigenvalue weighted by molar-refractivity contribution is 5.11. The van der Waals surface area contributed by atoms with Crippen LogP contribution < -0.4 is 11.4 Å². The predicted molar refractivity (Wildman–Crippen MR) is 58.2 cm³/mol. The summed E-state index contributed by atoms with van der Waals surface area (Å²) in [5.74, 6) is -0.0349. The zero-order valence-corrected chi connectivity index (χ0v) is 9.66. The fourth-order valence-corrected chi connectivity index (χ4v) is 1.34. The molecule has 0 fully saturated rings. The molecule has 0 radical (unpaired) electrons. The number of rotatable bonds is 3. The molecule has 0 saturated heterocycles. The van der Waals surface area contributed by atoms with Crippen molar-refractivity contribution in [3.8, 4) is 0 Å². The lowest BCUT2D eigenvalue weighted by molar-refractivity contribution is 0.375. The topological polar surface area (TPSA) is 52.2 Å². The van der Waals surface area contributed by atoms with Gasteiger partial charge in [0.05, 0.1) is 5.56 Å². The van der Waals surface area contributed by atoms with E-state index in [4.69, 9.17) is 0 Å². The molecule has 15 heavy (non-hydrogen) atoms. The Morgan fingerprint density at radius 2 is 1.87 bits per heavy atom. The number of hydrogen-bond acceptors (Lipinski definition) is 3. The molecule has 0 N–H and O–H groups in total. The Balaban J connectivity index is 3.13. The normalized spacial score (nSPS) is 11.0. The van der Waals surface area contributed by atoms with Gasteiger partial charge in [0.25, 0.3) is 0 Å². The Morgan fingerprint density at radius 1 is 1.27 bits per heavy atom. The summed E-state index contributed by atoms with van der Waals surface area (Å²) >= 11 is 0. The Hall–Kier alpha value is -1.32. The molecule has 1 aromatic heterocycles. The molecular formula is C11H17NO3. The van der Waals surface area contributed by atoms with Crippen molar-refractivity contribution < 1.29 is 4.42 Å². The molecule has 0 spiro atoms. The summed E-state index contributed by atoms with van der Waals surface area (Å²) in [5, 5.41) is 0. The molecule has 0 aliphatic rings. The van der Waals surface area contributed by atoms with Gasteiger partial charge in [-0.1, -0.05) is 13.8 Å². The number of hydrogen-bond donors (Lipinski definition) is 0. The van der Waals surface area contributed by atoms with Gasteiger partial charge in [-0.05, 0) is 26.2 Å². The van der Waals surface area contributed by atoms with Gasteiger partial charge < -0.3 is 4.42 Å². The molecule has 0 bridgehead atoms. The van der Waals surface area contributed by atoms with Gasteiger partial charge in [0.1, 0.15) is 0 Å². The molecular weight excluding hydrogens is 194 g/mol. The van der Waals surface area contributed by atoms with Gasteiger partial charge in [0.15, 0.2) is 0 Å². The minimum atomic E-state index is -0.552. The first kappa shape index (κ1) is 11.8. The first-order chi connectivity index (χ1) is 6.93.